The van der Waals surface area contributed by atoms with Crippen molar-refractivity contribution in [1.29, 1.82) is 0 Å². The summed E-state index contributed by atoms with van der Waals surface area (Å²) in [5.41, 5.74) is 0.796. The second-order valence-electron chi connectivity index (χ2n) is 4.12. The van der Waals surface area contributed by atoms with Gasteiger partial charge in [0.05, 0.1) is 17.9 Å². The van der Waals surface area contributed by atoms with E-state index in [2.05, 4.69) is 4.98 Å². The zero-order chi connectivity index (χ0) is 13.8. The Balaban J connectivity index is 2.31. The van der Waals surface area contributed by atoms with E-state index in [4.69, 9.17) is 5.11 Å². The van der Waals surface area contributed by atoms with Crippen LogP contribution in [-0.4, -0.2) is 23.1 Å². The Morgan fingerprint density at radius 3 is 2.74 bits per heavy atom. The highest BCUT2D eigenvalue weighted by atomic mass is 19.1. The summed E-state index contributed by atoms with van der Waals surface area (Å²) in [4.78, 5) is 16.9. The molecule has 98 valence electrons. The predicted octanol–water partition coefficient (Wildman–Crippen LogP) is 2.56. The highest BCUT2D eigenvalue weighted by molar-refractivity contribution is 5.94. The molecule has 0 atom stereocenters. The van der Waals surface area contributed by atoms with Gasteiger partial charge in [-0.25, -0.2) is 9.18 Å². The van der Waals surface area contributed by atoms with Crippen LogP contribution in [0.5, 0.6) is 0 Å². The Labute approximate surface area is 110 Å². The van der Waals surface area contributed by atoms with Crippen LogP contribution in [0, 0.1) is 5.82 Å². The fourth-order valence-electron chi connectivity index (χ4n) is 1.86. The average Bonchev–Trinajstić information content (AvgIpc) is 2.39. The number of carboxylic acids is 1. The van der Waals surface area contributed by atoms with Crippen LogP contribution in [0.2, 0.25) is 0 Å². The average molecular weight is 260 g/mol. The van der Waals surface area contributed by atoms with E-state index in [9.17, 15) is 9.18 Å². The zero-order valence-corrected chi connectivity index (χ0v) is 10.4. The number of benzene rings is 1. The normalized spacial score (nSPS) is 10.2. The quantitative estimate of drug-likeness (QED) is 0.917. The van der Waals surface area contributed by atoms with E-state index >= 15 is 0 Å². The third-order valence-electron chi connectivity index (χ3n) is 2.74. The van der Waals surface area contributed by atoms with E-state index in [0.717, 1.165) is 11.8 Å². The Kier molecular flexibility index (Phi) is 3.75. The number of pyridine rings is 1. The zero-order valence-electron chi connectivity index (χ0n) is 10.4. The molecule has 1 heterocycles. The Morgan fingerprint density at radius 2 is 2.11 bits per heavy atom. The highest BCUT2D eigenvalue weighted by Gasteiger charge is 2.18. The molecule has 0 spiro atoms. The minimum atomic E-state index is -1.28. The minimum absolute atomic E-state index is 0.319. The Hall–Kier alpha value is -2.43. The topological polar surface area (TPSA) is 53.4 Å². The predicted molar refractivity (Wildman–Crippen MR) is 69.7 cm³/mol. The summed E-state index contributed by atoms with van der Waals surface area (Å²) in [6, 6.07) is 9.69. The van der Waals surface area contributed by atoms with E-state index < -0.39 is 11.8 Å². The molecule has 4 nitrogen and oxygen atoms in total. The Bertz CT molecular complexity index is 587. The maximum atomic E-state index is 13.6. The molecular weight excluding hydrogens is 247 g/mol. The van der Waals surface area contributed by atoms with Crippen LogP contribution in [0.4, 0.5) is 10.1 Å². The van der Waals surface area contributed by atoms with Crippen molar-refractivity contribution in [3.05, 3.63) is 59.7 Å². The van der Waals surface area contributed by atoms with E-state index in [0.29, 0.717) is 12.2 Å². The number of halogens is 1. The van der Waals surface area contributed by atoms with Crippen LogP contribution < -0.4 is 4.90 Å². The van der Waals surface area contributed by atoms with Crippen LogP contribution in [0.25, 0.3) is 0 Å². The minimum Gasteiger partial charge on any atom is -0.478 e. The lowest BCUT2D eigenvalue weighted by Crippen LogP contribution is -2.20. The van der Waals surface area contributed by atoms with Crippen LogP contribution in [0.3, 0.4) is 0 Å². The molecule has 19 heavy (non-hydrogen) atoms. The van der Waals surface area contributed by atoms with Gasteiger partial charge in [0.15, 0.2) is 0 Å². The van der Waals surface area contributed by atoms with Gasteiger partial charge in [0.2, 0.25) is 0 Å². The molecule has 0 saturated heterocycles. The fourth-order valence-corrected chi connectivity index (χ4v) is 1.86. The van der Waals surface area contributed by atoms with Gasteiger partial charge in [-0.3, -0.25) is 4.98 Å². The van der Waals surface area contributed by atoms with E-state index in [1.165, 1.54) is 6.07 Å². The van der Waals surface area contributed by atoms with Gasteiger partial charge in [-0.15, -0.1) is 0 Å². The number of anilines is 1. The van der Waals surface area contributed by atoms with Crippen LogP contribution in [0.1, 0.15) is 16.1 Å². The maximum absolute atomic E-state index is 13.6. The molecule has 5 heteroatoms. The van der Waals surface area contributed by atoms with Crippen LogP contribution >= 0.6 is 0 Å². The van der Waals surface area contributed by atoms with E-state index in [1.54, 1.807) is 30.3 Å². The van der Waals surface area contributed by atoms with Crippen molar-refractivity contribution in [3.8, 4) is 0 Å². The first-order valence-electron chi connectivity index (χ1n) is 5.72. The number of rotatable bonds is 4. The number of aromatic carboxylic acids is 1. The lowest BCUT2D eigenvalue weighted by atomic mass is 10.1. The third-order valence-corrected chi connectivity index (χ3v) is 2.74. The number of nitrogens with zero attached hydrogens (tertiary/aromatic N) is 2. The molecule has 0 bridgehead atoms. The summed E-state index contributed by atoms with van der Waals surface area (Å²) < 4.78 is 13.6. The molecule has 2 aromatic rings. The number of carboxylic acid groups (broad SMARTS) is 1. The standard InChI is InChI=1S/C14H13FN2O2/c1-17(9-10-5-2-3-8-16-10)12-7-4-6-11(15)13(12)14(18)19/h2-8H,9H2,1H3,(H,18,19). The third kappa shape index (κ3) is 2.88. The molecule has 1 aromatic heterocycles. The van der Waals surface area contributed by atoms with Gasteiger partial charge in [-0.05, 0) is 24.3 Å². The van der Waals surface area contributed by atoms with Gasteiger partial charge in [-0.2, -0.15) is 0 Å². The lowest BCUT2D eigenvalue weighted by molar-refractivity contribution is 0.0692. The summed E-state index contributed by atoms with van der Waals surface area (Å²) in [5.74, 6) is -2.01. The number of carbonyl (C=O) groups is 1. The van der Waals surface area contributed by atoms with Gasteiger partial charge in [0.1, 0.15) is 11.4 Å². The maximum Gasteiger partial charge on any atom is 0.340 e. The van der Waals surface area contributed by atoms with Gasteiger partial charge in [0.25, 0.3) is 0 Å². The molecule has 0 aliphatic heterocycles. The van der Waals surface area contributed by atoms with Crippen molar-refractivity contribution in [3.63, 3.8) is 0 Å². The number of hydrogen-bond acceptors (Lipinski definition) is 3. The second kappa shape index (κ2) is 5.48. The molecule has 0 fully saturated rings. The summed E-state index contributed by atoms with van der Waals surface area (Å²) in [7, 11) is 1.70. The molecule has 0 amide bonds. The van der Waals surface area contributed by atoms with Crippen molar-refractivity contribution in [2.45, 2.75) is 6.54 Å². The number of aromatic nitrogens is 1. The van der Waals surface area contributed by atoms with Crippen LogP contribution in [-0.2, 0) is 6.54 Å². The van der Waals surface area contributed by atoms with Crippen molar-refractivity contribution >= 4 is 11.7 Å². The summed E-state index contributed by atoms with van der Waals surface area (Å²) in [6.45, 7) is 0.407. The van der Waals surface area contributed by atoms with Crippen molar-refractivity contribution in [2.75, 3.05) is 11.9 Å². The first kappa shape index (κ1) is 13.0. The van der Waals surface area contributed by atoms with Gasteiger partial charge < -0.3 is 10.0 Å². The largest absolute Gasteiger partial charge is 0.478 e. The molecule has 0 aliphatic carbocycles. The summed E-state index contributed by atoms with van der Waals surface area (Å²) in [5, 5.41) is 9.08. The molecule has 0 aliphatic rings. The van der Waals surface area contributed by atoms with E-state index in [-0.39, 0.29) is 5.56 Å². The number of hydrogen-bond donors (Lipinski definition) is 1. The lowest BCUT2D eigenvalue weighted by Gasteiger charge is -2.21. The molecule has 1 N–H and O–H groups in total. The fraction of sp³-hybridized carbons (Fsp3) is 0.143. The molecular formula is C14H13FN2O2. The smallest absolute Gasteiger partial charge is 0.340 e. The molecule has 0 unspecified atom stereocenters. The van der Waals surface area contributed by atoms with E-state index in [1.807, 2.05) is 12.1 Å². The Morgan fingerprint density at radius 1 is 1.32 bits per heavy atom. The SMILES string of the molecule is CN(Cc1ccccn1)c1cccc(F)c1C(=O)O. The van der Waals surface area contributed by atoms with Crippen molar-refractivity contribution < 1.29 is 14.3 Å². The van der Waals surface area contributed by atoms with Gasteiger partial charge in [-0.1, -0.05) is 12.1 Å². The van der Waals surface area contributed by atoms with Crippen LogP contribution in [0.15, 0.2) is 42.6 Å². The van der Waals surface area contributed by atoms with Gasteiger partial charge in [0, 0.05) is 13.2 Å². The van der Waals surface area contributed by atoms with Crippen molar-refractivity contribution in [1.82, 2.24) is 4.98 Å². The van der Waals surface area contributed by atoms with Gasteiger partial charge >= 0.3 is 5.97 Å². The van der Waals surface area contributed by atoms with Crippen molar-refractivity contribution in [2.24, 2.45) is 0 Å². The monoisotopic (exact) mass is 260 g/mol. The highest BCUT2D eigenvalue weighted by Crippen LogP contribution is 2.23. The molecule has 1 aromatic carbocycles. The summed E-state index contributed by atoms with van der Waals surface area (Å²) in [6.07, 6.45) is 1.66. The summed E-state index contributed by atoms with van der Waals surface area (Å²) >= 11 is 0. The first-order chi connectivity index (χ1) is 9.09. The first-order valence-corrected chi connectivity index (χ1v) is 5.72. The molecule has 0 saturated carbocycles. The molecule has 2 rings (SSSR count). The molecule has 0 radical (unpaired) electrons. The second-order valence-corrected chi connectivity index (χ2v) is 4.12.